The van der Waals surface area contributed by atoms with Crippen molar-refractivity contribution in [2.75, 3.05) is 29.9 Å². The highest BCUT2D eigenvalue weighted by Crippen LogP contribution is 2.23. The molecule has 0 aromatic heterocycles. The lowest BCUT2D eigenvalue weighted by molar-refractivity contribution is -0.119. The topological polar surface area (TPSA) is 86.8 Å². The summed E-state index contributed by atoms with van der Waals surface area (Å²) in [4.78, 5) is 26.5. The van der Waals surface area contributed by atoms with Crippen LogP contribution in [0.5, 0.6) is 0 Å². The van der Waals surface area contributed by atoms with Gasteiger partial charge in [0, 0.05) is 43.0 Å². The summed E-state index contributed by atoms with van der Waals surface area (Å²) < 4.78 is 26.5. The van der Waals surface area contributed by atoms with Crippen molar-refractivity contribution in [2.45, 2.75) is 38.0 Å². The van der Waals surface area contributed by atoms with Crippen LogP contribution in [-0.4, -0.2) is 44.2 Å². The fourth-order valence-electron chi connectivity index (χ4n) is 3.50. The van der Waals surface area contributed by atoms with Crippen LogP contribution in [0.25, 0.3) is 0 Å². The number of piperidine rings is 1. The lowest BCUT2D eigenvalue weighted by atomic mass is 10.1. The molecular formula is C22H27N3O4S. The molecule has 1 saturated heterocycles. The molecule has 1 N–H and O–H groups in total. The SMILES string of the molecule is CCN(CC)S(=O)(=O)c1ccc(C(=O)Nc2ccc(N3CCCCC3=O)cc2)cc1. The number of hydrogen-bond acceptors (Lipinski definition) is 4. The van der Waals surface area contributed by atoms with Gasteiger partial charge in [-0.25, -0.2) is 8.42 Å². The molecule has 1 aliphatic heterocycles. The number of sulfonamides is 1. The third kappa shape index (κ3) is 4.71. The molecule has 1 fully saturated rings. The number of nitrogens with one attached hydrogen (secondary N) is 1. The maximum Gasteiger partial charge on any atom is 0.255 e. The quantitative estimate of drug-likeness (QED) is 0.730. The lowest BCUT2D eigenvalue weighted by Crippen LogP contribution is -2.35. The van der Waals surface area contributed by atoms with E-state index in [0.29, 0.717) is 37.3 Å². The molecule has 0 aliphatic carbocycles. The largest absolute Gasteiger partial charge is 0.322 e. The van der Waals surface area contributed by atoms with Crippen LogP contribution in [0.3, 0.4) is 0 Å². The maximum atomic E-state index is 12.5. The van der Waals surface area contributed by atoms with Crippen molar-refractivity contribution in [1.82, 2.24) is 4.31 Å². The average Bonchev–Trinajstić information content (AvgIpc) is 2.75. The van der Waals surface area contributed by atoms with Crippen LogP contribution in [0, 0.1) is 0 Å². The summed E-state index contributed by atoms with van der Waals surface area (Å²) in [5.41, 5.74) is 1.79. The standard InChI is InChI=1S/C22H27N3O4S/c1-3-24(4-2)30(28,29)20-14-8-17(9-15-20)22(27)23-18-10-12-19(13-11-18)25-16-6-5-7-21(25)26/h8-15H,3-7,16H2,1-2H3,(H,23,27). The Labute approximate surface area is 177 Å². The van der Waals surface area contributed by atoms with E-state index in [-0.39, 0.29) is 16.7 Å². The Morgan fingerprint density at radius 2 is 1.63 bits per heavy atom. The van der Waals surface area contributed by atoms with Crippen LogP contribution in [-0.2, 0) is 14.8 Å². The second-order valence-corrected chi connectivity index (χ2v) is 9.06. The molecule has 2 amide bonds. The van der Waals surface area contributed by atoms with Gasteiger partial charge in [-0.2, -0.15) is 4.31 Å². The van der Waals surface area contributed by atoms with Gasteiger partial charge in [0.1, 0.15) is 0 Å². The average molecular weight is 430 g/mol. The number of carbonyl (C=O) groups excluding carboxylic acids is 2. The Morgan fingerprint density at radius 3 is 2.20 bits per heavy atom. The number of amides is 2. The van der Waals surface area contributed by atoms with E-state index in [9.17, 15) is 18.0 Å². The third-order valence-electron chi connectivity index (χ3n) is 5.22. The van der Waals surface area contributed by atoms with Crippen LogP contribution in [0.15, 0.2) is 53.4 Å². The second kappa shape index (κ2) is 9.40. The number of carbonyl (C=O) groups is 2. The van der Waals surface area contributed by atoms with Gasteiger partial charge in [-0.05, 0) is 61.4 Å². The first-order chi connectivity index (χ1) is 14.4. The second-order valence-electron chi connectivity index (χ2n) is 7.12. The van der Waals surface area contributed by atoms with Crippen molar-refractivity contribution in [3.63, 3.8) is 0 Å². The number of nitrogens with zero attached hydrogens (tertiary/aromatic N) is 2. The minimum atomic E-state index is -3.55. The first kappa shape index (κ1) is 22.0. The summed E-state index contributed by atoms with van der Waals surface area (Å²) in [6.07, 6.45) is 2.49. The van der Waals surface area contributed by atoms with Crippen molar-refractivity contribution in [3.05, 3.63) is 54.1 Å². The number of hydrogen-bond donors (Lipinski definition) is 1. The number of anilines is 2. The van der Waals surface area contributed by atoms with Crippen LogP contribution < -0.4 is 10.2 Å². The molecule has 0 saturated carbocycles. The van der Waals surface area contributed by atoms with Gasteiger partial charge in [-0.1, -0.05) is 13.8 Å². The van der Waals surface area contributed by atoms with Gasteiger partial charge in [0.25, 0.3) is 5.91 Å². The maximum absolute atomic E-state index is 12.5. The van der Waals surface area contributed by atoms with Crippen LogP contribution >= 0.6 is 0 Å². The molecule has 160 valence electrons. The molecule has 0 bridgehead atoms. The fraction of sp³-hybridized carbons (Fsp3) is 0.364. The zero-order valence-corrected chi connectivity index (χ0v) is 18.1. The molecule has 7 nitrogen and oxygen atoms in total. The predicted octanol–water partition coefficient (Wildman–Crippen LogP) is 3.49. The van der Waals surface area contributed by atoms with Crippen molar-refractivity contribution in [2.24, 2.45) is 0 Å². The molecular weight excluding hydrogens is 402 g/mol. The molecule has 30 heavy (non-hydrogen) atoms. The van der Waals surface area contributed by atoms with E-state index in [2.05, 4.69) is 5.32 Å². The van der Waals surface area contributed by atoms with E-state index in [1.165, 1.54) is 28.6 Å². The third-order valence-corrected chi connectivity index (χ3v) is 7.28. The minimum absolute atomic E-state index is 0.123. The minimum Gasteiger partial charge on any atom is -0.322 e. The van der Waals surface area contributed by atoms with E-state index in [1.54, 1.807) is 30.9 Å². The molecule has 0 radical (unpaired) electrons. The highest BCUT2D eigenvalue weighted by molar-refractivity contribution is 7.89. The molecule has 0 unspecified atom stereocenters. The van der Waals surface area contributed by atoms with Gasteiger partial charge in [0.2, 0.25) is 15.9 Å². The van der Waals surface area contributed by atoms with Crippen molar-refractivity contribution >= 4 is 33.2 Å². The highest BCUT2D eigenvalue weighted by Gasteiger charge is 2.22. The van der Waals surface area contributed by atoms with Gasteiger partial charge >= 0.3 is 0 Å². The van der Waals surface area contributed by atoms with Gasteiger partial charge in [0.15, 0.2) is 0 Å². The molecule has 3 rings (SSSR count). The zero-order chi connectivity index (χ0) is 21.7. The molecule has 1 heterocycles. The van der Waals surface area contributed by atoms with Crippen molar-refractivity contribution in [3.8, 4) is 0 Å². The number of benzene rings is 2. The first-order valence-corrected chi connectivity index (χ1v) is 11.6. The predicted molar refractivity (Wildman–Crippen MR) is 117 cm³/mol. The van der Waals surface area contributed by atoms with E-state index >= 15 is 0 Å². The Morgan fingerprint density at radius 1 is 1.00 bits per heavy atom. The smallest absolute Gasteiger partial charge is 0.255 e. The van der Waals surface area contributed by atoms with Crippen LogP contribution in [0.2, 0.25) is 0 Å². The Kier molecular flexibility index (Phi) is 6.89. The Hall–Kier alpha value is -2.71. The summed E-state index contributed by atoms with van der Waals surface area (Å²) >= 11 is 0. The Balaban J connectivity index is 1.68. The summed E-state index contributed by atoms with van der Waals surface area (Å²) in [6, 6.07) is 13.1. The van der Waals surface area contributed by atoms with Crippen molar-refractivity contribution < 1.29 is 18.0 Å². The van der Waals surface area contributed by atoms with Gasteiger partial charge < -0.3 is 10.2 Å². The summed E-state index contributed by atoms with van der Waals surface area (Å²) in [5.74, 6) is -0.207. The van der Waals surface area contributed by atoms with Crippen molar-refractivity contribution in [1.29, 1.82) is 0 Å². The molecule has 0 spiro atoms. The van der Waals surface area contributed by atoms with Gasteiger partial charge in [-0.3, -0.25) is 9.59 Å². The summed E-state index contributed by atoms with van der Waals surface area (Å²) in [7, 11) is -3.55. The van der Waals surface area contributed by atoms with Gasteiger partial charge in [-0.15, -0.1) is 0 Å². The molecule has 1 aliphatic rings. The molecule has 0 atom stereocenters. The summed E-state index contributed by atoms with van der Waals surface area (Å²) in [6.45, 7) is 5.07. The zero-order valence-electron chi connectivity index (χ0n) is 17.3. The van der Waals surface area contributed by atoms with Crippen LogP contribution in [0.1, 0.15) is 43.5 Å². The monoisotopic (exact) mass is 429 g/mol. The Bertz CT molecular complexity index is 998. The first-order valence-electron chi connectivity index (χ1n) is 10.2. The van der Waals surface area contributed by atoms with E-state index in [4.69, 9.17) is 0 Å². The fourth-order valence-corrected chi connectivity index (χ4v) is 4.96. The highest BCUT2D eigenvalue weighted by atomic mass is 32.2. The lowest BCUT2D eigenvalue weighted by Gasteiger charge is -2.26. The normalized spacial score (nSPS) is 14.8. The van der Waals surface area contributed by atoms with E-state index < -0.39 is 10.0 Å². The van der Waals surface area contributed by atoms with Crippen LogP contribution in [0.4, 0.5) is 11.4 Å². The van der Waals surface area contributed by atoms with E-state index in [0.717, 1.165) is 18.5 Å². The number of rotatable bonds is 7. The summed E-state index contributed by atoms with van der Waals surface area (Å²) in [5, 5.41) is 2.80. The van der Waals surface area contributed by atoms with E-state index in [1.807, 2.05) is 12.1 Å². The molecule has 8 heteroatoms. The molecule has 2 aromatic rings. The van der Waals surface area contributed by atoms with Gasteiger partial charge in [0.05, 0.1) is 4.90 Å². The molecule has 2 aromatic carbocycles.